The molecule has 22 heavy (non-hydrogen) atoms. The second-order valence-corrected chi connectivity index (χ2v) is 8.03. The van der Waals surface area contributed by atoms with Crippen LogP contribution in [0.1, 0.15) is 11.1 Å². The summed E-state index contributed by atoms with van der Waals surface area (Å²) in [6.07, 6.45) is 0. The second-order valence-electron chi connectivity index (χ2n) is 4.84. The van der Waals surface area contributed by atoms with Gasteiger partial charge in [0, 0.05) is 25.2 Å². The van der Waals surface area contributed by atoms with E-state index < -0.39 is 10.0 Å². The van der Waals surface area contributed by atoms with Gasteiger partial charge in [0.15, 0.2) is 0 Å². The maximum atomic E-state index is 12.7. The molecule has 0 aliphatic rings. The number of ether oxygens (including phenoxy) is 1. The third kappa shape index (κ3) is 5.07. The molecule has 7 heteroatoms. The zero-order valence-corrected chi connectivity index (χ0v) is 14.6. The van der Waals surface area contributed by atoms with Gasteiger partial charge in [-0.25, -0.2) is 8.42 Å². The van der Waals surface area contributed by atoms with Crippen LogP contribution in [0.15, 0.2) is 41.1 Å². The van der Waals surface area contributed by atoms with E-state index in [1.54, 1.807) is 42.7 Å². The molecule has 0 bridgehead atoms. The number of hydrogen-bond donors (Lipinski definition) is 0. The van der Waals surface area contributed by atoms with Crippen LogP contribution in [0.25, 0.3) is 0 Å². The van der Waals surface area contributed by atoms with Crippen LogP contribution in [0.2, 0.25) is 5.02 Å². The first-order valence-corrected chi connectivity index (χ1v) is 9.66. The molecule has 1 heterocycles. The third-order valence-electron chi connectivity index (χ3n) is 3.12. The van der Waals surface area contributed by atoms with Crippen molar-refractivity contribution in [3.05, 3.63) is 57.2 Å². The topological polar surface area (TPSA) is 46.6 Å². The monoisotopic (exact) mass is 359 g/mol. The van der Waals surface area contributed by atoms with Crippen molar-refractivity contribution in [2.24, 2.45) is 0 Å². The van der Waals surface area contributed by atoms with Crippen LogP contribution in [0.3, 0.4) is 0 Å². The fraction of sp³-hybridized carbons (Fsp3) is 0.333. The summed E-state index contributed by atoms with van der Waals surface area (Å²) in [5.41, 5.74) is 1.66. The van der Waals surface area contributed by atoms with E-state index in [2.05, 4.69) is 0 Å². The average molecular weight is 360 g/mol. The van der Waals surface area contributed by atoms with E-state index in [1.807, 2.05) is 16.8 Å². The Hall–Kier alpha value is -0.920. The van der Waals surface area contributed by atoms with Crippen LogP contribution in [0, 0.1) is 0 Å². The van der Waals surface area contributed by atoms with Crippen LogP contribution >= 0.6 is 22.9 Å². The van der Waals surface area contributed by atoms with Gasteiger partial charge in [0.05, 0.1) is 12.4 Å². The zero-order chi connectivity index (χ0) is 16.0. The van der Waals surface area contributed by atoms with Crippen molar-refractivity contribution in [2.75, 3.05) is 20.3 Å². The lowest BCUT2D eigenvalue weighted by Gasteiger charge is -2.21. The minimum atomic E-state index is -3.44. The summed E-state index contributed by atoms with van der Waals surface area (Å²) in [5.74, 6) is -0.0680. The Morgan fingerprint density at radius 1 is 1.27 bits per heavy atom. The quantitative estimate of drug-likeness (QED) is 0.725. The molecule has 0 saturated heterocycles. The summed E-state index contributed by atoms with van der Waals surface area (Å²) < 4.78 is 31.8. The Morgan fingerprint density at radius 3 is 2.73 bits per heavy atom. The Bertz CT molecular complexity index is 687. The molecule has 0 amide bonds. The minimum absolute atomic E-state index is 0.0680. The summed E-state index contributed by atoms with van der Waals surface area (Å²) >= 11 is 7.48. The lowest BCUT2D eigenvalue weighted by atomic mass is 10.2. The van der Waals surface area contributed by atoms with E-state index in [1.165, 1.54) is 4.31 Å². The molecule has 120 valence electrons. The van der Waals surface area contributed by atoms with E-state index in [-0.39, 0.29) is 5.75 Å². The van der Waals surface area contributed by atoms with Gasteiger partial charge in [0.25, 0.3) is 0 Å². The average Bonchev–Trinajstić information content (AvgIpc) is 2.95. The molecular weight excluding hydrogens is 342 g/mol. The molecule has 1 aromatic heterocycles. The standard InChI is InChI=1S/C15H18ClNO3S2/c1-20-7-6-17(10-14-5-8-21-11-14)22(18,19)12-13-3-2-4-15(16)9-13/h2-5,8-9,11H,6-7,10,12H2,1H3. The van der Waals surface area contributed by atoms with Crippen molar-refractivity contribution in [3.63, 3.8) is 0 Å². The molecular formula is C15H18ClNO3S2. The van der Waals surface area contributed by atoms with Crippen molar-refractivity contribution in [1.82, 2.24) is 4.31 Å². The molecule has 0 fully saturated rings. The maximum absolute atomic E-state index is 12.7. The molecule has 0 unspecified atom stereocenters. The first-order chi connectivity index (χ1) is 10.5. The van der Waals surface area contributed by atoms with Crippen LogP contribution in [0.4, 0.5) is 0 Å². The third-order valence-corrected chi connectivity index (χ3v) is 5.88. The fourth-order valence-electron chi connectivity index (χ4n) is 2.02. The number of nitrogens with zero attached hydrogens (tertiary/aromatic N) is 1. The van der Waals surface area contributed by atoms with Gasteiger partial charge in [-0.2, -0.15) is 15.6 Å². The van der Waals surface area contributed by atoms with Crippen molar-refractivity contribution < 1.29 is 13.2 Å². The molecule has 0 radical (unpaired) electrons. The van der Waals surface area contributed by atoms with Gasteiger partial charge in [-0.3, -0.25) is 0 Å². The number of methoxy groups -OCH3 is 1. The second kappa shape index (κ2) is 8.08. The Balaban J connectivity index is 2.16. The number of benzene rings is 1. The first-order valence-electron chi connectivity index (χ1n) is 6.73. The highest BCUT2D eigenvalue weighted by molar-refractivity contribution is 7.88. The summed E-state index contributed by atoms with van der Waals surface area (Å²) in [4.78, 5) is 0. The smallest absolute Gasteiger partial charge is 0.218 e. The van der Waals surface area contributed by atoms with Gasteiger partial charge in [-0.1, -0.05) is 23.7 Å². The highest BCUT2D eigenvalue weighted by Crippen LogP contribution is 2.18. The highest BCUT2D eigenvalue weighted by atomic mass is 35.5. The summed E-state index contributed by atoms with van der Waals surface area (Å²) in [7, 11) is -1.88. The maximum Gasteiger partial charge on any atom is 0.218 e. The van der Waals surface area contributed by atoms with Crippen LogP contribution in [-0.2, 0) is 27.1 Å². The summed E-state index contributed by atoms with van der Waals surface area (Å²) in [5, 5.41) is 4.43. The van der Waals surface area contributed by atoms with Crippen molar-refractivity contribution in [3.8, 4) is 0 Å². The summed E-state index contributed by atoms with van der Waals surface area (Å²) in [6.45, 7) is 1.05. The largest absolute Gasteiger partial charge is 0.383 e. The van der Waals surface area contributed by atoms with Crippen molar-refractivity contribution in [1.29, 1.82) is 0 Å². The summed E-state index contributed by atoms with van der Waals surface area (Å²) in [6, 6.07) is 8.86. The number of thiophene rings is 1. The molecule has 0 saturated carbocycles. The molecule has 4 nitrogen and oxygen atoms in total. The number of halogens is 1. The van der Waals surface area contributed by atoms with Crippen molar-refractivity contribution in [2.45, 2.75) is 12.3 Å². The molecule has 2 rings (SSSR count). The van der Waals surface area contributed by atoms with E-state index in [0.29, 0.717) is 30.3 Å². The Morgan fingerprint density at radius 2 is 2.09 bits per heavy atom. The fourth-order valence-corrected chi connectivity index (χ4v) is 4.38. The Kier molecular flexibility index (Phi) is 6.40. The minimum Gasteiger partial charge on any atom is -0.383 e. The molecule has 1 aromatic carbocycles. The van der Waals surface area contributed by atoms with Gasteiger partial charge in [0.1, 0.15) is 0 Å². The van der Waals surface area contributed by atoms with Crippen LogP contribution in [-0.4, -0.2) is 33.0 Å². The van der Waals surface area contributed by atoms with E-state index in [4.69, 9.17) is 16.3 Å². The zero-order valence-electron chi connectivity index (χ0n) is 12.2. The van der Waals surface area contributed by atoms with E-state index in [0.717, 1.165) is 5.56 Å². The molecule has 0 spiro atoms. The molecule has 2 aromatic rings. The lowest BCUT2D eigenvalue weighted by molar-refractivity contribution is 0.177. The number of hydrogen-bond acceptors (Lipinski definition) is 4. The molecule has 0 atom stereocenters. The number of rotatable bonds is 8. The van der Waals surface area contributed by atoms with Gasteiger partial charge in [0.2, 0.25) is 10.0 Å². The van der Waals surface area contributed by atoms with E-state index in [9.17, 15) is 8.42 Å². The Labute approximate surface area is 140 Å². The normalized spacial score (nSPS) is 12.0. The lowest BCUT2D eigenvalue weighted by Crippen LogP contribution is -2.34. The highest BCUT2D eigenvalue weighted by Gasteiger charge is 2.22. The first kappa shape index (κ1) is 17.4. The van der Waals surface area contributed by atoms with Crippen LogP contribution in [0.5, 0.6) is 0 Å². The molecule has 0 N–H and O–H groups in total. The van der Waals surface area contributed by atoms with E-state index >= 15 is 0 Å². The molecule has 0 aliphatic carbocycles. The predicted molar refractivity (Wildman–Crippen MR) is 90.7 cm³/mol. The van der Waals surface area contributed by atoms with Crippen LogP contribution < -0.4 is 0 Å². The van der Waals surface area contributed by atoms with Gasteiger partial charge in [-0.05, 0) is 40.1 Å². The van der Waals surface area contributed by atoms with Gasteiger partial charge < -0.3 is 4.74 Å². The molecule has 0 aliphatic heterocycles. The predicted octanol–water partition coefficient (Wildman–Crippen LogP) is 3.38. The number of sulfonamides is 1. The van der Waals surface area contributed by atoms with Gasteiger partial charge >= 0.3 is 0 Å². The SMILES string of the molecule is COCCN(Cc1ccsc1)S(=O)(=O)Cc1cccc(Cl)c1. The van der Waals surface area contributed by atoms with Gasteiger partial charge in [-0.15, -0.1) is 0 Å². The van der Waals surface area contributed by atoms with Crippen molar-refractivity contribution >= 4 is 33.0 Å².